The Morgan fingerprint density at radius 2 is 1.78 bits per heavy atom. The van der Waals surface area contributed by atoms with Crippen LogP contribution < -0.4 is 10.2 Å². The highest BCUT2D eigenvalue weighted by atomic mass is 35.5. The fraction of sp³-hybridized carbons (Fsp3) is 0.478. The van der Waals surface area contributed by atoms with Crippen molar-refractivity contribution in [2.75, 3.05) is 36.4 Å². The number of piperidine rings is 2. The zero-order valence-electron chi connectivity index (χ0n) is 18.2. The Morgan fingerprint density at radius 3 is 2.41 bits per heavy atom. The number of hydrogen-bond acceptors (Lipinski definition) is 5. The number of carbonyl (C=O) groups excluding carboxylic acids is 1. The van der Waals surface area contributed by atoms with Crippen molar-refractivity contribution in [1.29, 1.82) is 0 Å². The molecule has 1 aromatic carbocycles. The monoisotopic (exact) mass is 476 g/mol. The van der Waals surface area contributed by atoms with Crippen molar-refractivity contribution in [3.8, 4) is 0 Å². The summed E-state index contributed by atoms with van der Waals surface area (Å²) in [5.41, 5.74) is 0.614. The number of halogens is 1. The predicted molar refractivity (Wildman–Crippen MR) is 126 cm³/mol. The zero-order valence-corrected chi connectivity index (χ0v) is 19.8. The zero-order chi connectivity index (χ0) is 22.7. The van der Waals surface area contributed by atoms with Crippen LogP contribution in [0.5, 0.6) is 0 Å². The van der Waals surface area contributed by atoms with Gasteiger partial charge in [-0.1, -0.05) is 18.5 Å². The Kier molecular flexibility index (Phi) is 7.02. The van der Waals surface area contributed by atoms with E-state index in [1.165, 1.54) is 0 Å². The van der Waals surface area contributed by atoms with Crippen LogP contribution in [0.1, 0.15) is 32.6 Å². The molecule has 1 amide bonds. The summed E-state index contributed by atoms with van der Waals surface area (Å²) in [5.74, 6) is 1.12. The number of aromatic nitrogens is 1. The van der Waals surface area contributed by atoms with Gasteiger partial charge in [0.1, 0.15) is 5.82 Å². The van der Waals surface area contributed by atoms with Crippen molar-refractivity contribution < 1.29 is 13.2 Å². The molecule has 2 aliphatic heterocycles. The van der Waals surface area contributed by atoms with Gasteiger partial charge in [-0.25, -0.2) is 13.4 Å². The maximum Gasteiger partial charge on any atom is 0.243 e. The van der Waals surface area contributed by atoms with Crippen molar-refractivity contribution >= 4 is 39.0 Å². The van der Waals surface area contributed by atoms with Crippen LogP contribution in [0, 0.1) is 11.8 Å². The molecule has 1 N–H and O–H groups in total. The highest BCUT2D eigenvalue weighted by molar-refractivity contribution is 7.89. The quantitative estimate of drug-likeness (QED) is 0.705. The summed E-state index contributed by atoms with van der Waals surface area (Å²) in [4.78, 5) is 19.5. The minimum Gasteiger partial charge on any atom is -0.357 e. The summed E-state index contributed by atoms with van der Waals surface area (Å²) in [7, 11) is -3.49. The minimum absolute atomic E-state index is 0.0332. The van der Waals surface area contributed by atoms with Crippen LogP contribution in [0.2, 0.25) is 5.02 Å². The fourth-order valence-electron chi connectivity index (χ4n) is 4.39. The van der Waals surface area contributed by atoms with Crippen LogP contribution in [0.4, 0.5) is 11.5 Å². The lowest BCUT2D eigenvalue weighted by atomic mass is 9.96. The molecule has 0 aliphatic carbocycles. The van der Waals surface area contributed by atoms with Crippen LogP contribution in [-0.2, 0) is 14.8 Å². The number of amides is 1. The molecule has 0 bridgehead atoms. The van der Waals surface area contributed by atoms with Crippen LogP contribution in [-0.4, -0.2) is 49.8 Å². The first-order valence-corrected chi connectivity index (χ1v) is 12.9. The topological polar surface area (TPSA) is 82.6 Å². The van der Waals surface area contributed by atoms with E-state index in [2.05, 4.69) is 22.1 Å². The molecular weight excluding hydrogens is 448 g/mol. The predicted octanol–water partition coefficient (Wildman–Crippen LogP) is 4.01. The van der Waals surface area contributed by atoms with E-state index in [1.54, 1.807) is 34.8 Å². The van der Waals surface area contributed by atoms with Gasteiger partial charge in [0.25, 0.3) is 0 Å². The van der Waals surface area contributed by atoms with Gasteiger partial charge in [0.05, 0.1) is 9.92 Å². The average Bonchev–Trinajstić information content (AvgIpc) is 2.80. The third-order valence-electron chi connectivity index (χ3n) is 6.28. The highest BCUT2D eigenvalue weighted by Gasteiger charge is 2.29. The van der Waals surface area contributed by atoms with Gasteiger partial charge in [-0.2, -0.15) is 4.31 Å². The van der Waals surface area contributed by atoms with Gasteiger partial charge < -0.3 is 10.2 Å². The van der Waals surface area contributed by atoms with Gasteiger partial charge in [-0.3, -0.25) is 4.79 Å². The summed E-state index contributed by atoms with van der Waals surface area (Å²) in [5, 5.41) is 3.54. The van der Waals surface area contributed by atoms with E-state index in [-0.39, 0.29) is 16.7 Å². The Morgan fingerprint density at radius 1 is 1.06 bits per heavy atom. The molecule has 0 spiro atoms. The lowest BCUT2D eigenvalue weighted by Gasteiger charge is -2.32. The van der Waals surface area contributed by atoms with Crippen molar-refractivity contribution in [3.05, 3.63) is 47.6 Å². The number of pyridine rings is 1. The van der Waals surface area contributed by atoms with E-state index >= 15 is 0 Å². The van der Waals surface area contributed by atoms with Gasteiger partial charge >= 0.3 is 0 Å². The first kappa shape index (κ1) is 23.0. The van der Waals surface area contributed by atoms with Crippen LogP contribution in [0.25, 0.3) is 0 Å². The molecule has 7 nitrogen and oxygen atoms in total. The second kappa shape index (κ2) is 9.77. The van der Waals surface area contributed by atoms with Crippen molar-refractivity contribution in [3.63, 3.8) is 0 Å². The smallest absolute Gasteiger partial charge is 0.243 e. The molecule has 2 aliphatic rings. The fourth-order valence-corrected chi connectivity index (χ4v) is 6.10. The first-order chi connectivity index (χ1) is 15.3. The van der Waals surface area contributed by atoms with Crippen molar-refractivity contribution in [2.24, 2.45) is 11.8 Å². The summed E-state index contributed by atoms with van der Waals surface area (Å²) in [6.45, 7) is 4.70. The Bertz CT molecular complexity index is 1040. The van der Waals surface area contributed by atoms with E-state index in [0.717, 1.165) is 44.6 Å². The van der Waals surface area contributed by atoms with E-state index in [9.17, 15) is 13.2 Å². The van der Waals surface area contributed by atoms with Gasteiger partial charge in [0.2, 0.25) is 15.9 Å². The third kappa shape index (κ3) is 5.24. The van der Waals surface area contributed by atoms with Crippen LogP contribution in [0.3, 0.4) is 0 Å². The van der Waals surface area contributed by atoms with Gasteiger partial charge in [-0.15, -0.1) is 0 Å². The molecule has 1 atom stereocenters. The molecule has 4 rings (SSSR count). The molecular formula is C23H29ClN4O3S. The molecule has 2 saturated heterocycles. The molecule has 32 heavy (non-hydrogen) atoms. The third-order valence-corrected chi connectivity index (χ3v) is 8.38. The molecule has 0 saturated carbocycles. The number of nitrogens with one attached hydrogen (secondary N) is 1. The number of rotatable bonds is 5. The molecule has 2 aromatic rings. The van der Waals surface area contributed by atoms with Gasteiger partial charge in [-0.05, 0) is 68.0 Å². The van der Waals surface area contributed by atoms with E-state index in [1.807, 2.05) is 12.1 Å². The molecule has 1 unspecified atom stereocenters. The number of carbonyl (C=O) groups is 1. The van der Waals surface area contributed by atoms with Crippen molar-refractivity contribution in [1.82, 2.24) is 9.29 Å². The molecule has 3 heterocycles. The summed E-state index contributed by atoms with van der Waals surface area (Å²) >= 11 is 5.90. The summed E-state index contributed by atoms with van der Waals surface area (Å²) in [6, 6.07) is 10.2. The lowest BCUT2D eigenvalue weighted by Crippen LogP contribution is -2.39. The van der Waals surface area contributed by atoms with E-state index in [0.29, 0.717) is 29.7 Å². The largest absolute Gasteiger partial charge is 0.357 e. The van der Waals surface area contributed by atoms with Gasteiger partial charge in [0, 0.05) is 44.0 Å². The number of benzene rings is 1. The normalized spacial score (nSPS) is 20.8. The Balaban J connectivity index is 1.32. The second-order valence-electron chi connectivity index (χ2n) is 8.72. The molecule has 2 fully saturated rings. The number of nitrogens with zero attached hydrogens (tertiary/aromatic N) is 3. The number of sulfonamides is 1. The molecule has 172 valence electrons. The SMILES string of the molecule is CC1CCCN(S(=O)(=O)c2ccc(NC(=O)C3CCN(c4ccc(Cl)cn4)CC3)cc2)C1. The maximum absolute atomic E-state index is 12.9. The summed E-state index contributed by atoms with van der Waals surface area (Å²) in [6.07, 6.45) is 5.05. The Labute approximate surface area is 194 Å². The second-order valence-corrected chi connectivity index (χ2v) is 11.1. The lowest BCUT2D eigenvalue weighted by molar-refractivity contribution is -0.120. The van der Waals surface area contributed by atoms with Crippen molar-refractivity contribution in [2.45, 2.75) is 37.5 Å². The van der Waals surface area contributed by atoms with Crippen LogP contribution in [0.15, 0.2) is 47.5 Å². The van der Waals surface area contributed by atoms with E-state index in [4.69, 9.17) is 11.6 Å². The standard InChI is InChI=1S/C23H29ClN4O3S/c1-17-3-2-12-28(16-17)32(30,31)21-7-5-20(6-8-21)26-23(29)18-10-13-27(14-11-18)22-9-4-19(24)15-25-22/h4-9,15,17-18H,2-3,10-14,16H2,1H3,(H,26,29). The first-order valence-electron chi connectivity index (χ1n) is 11.1. The molecule has 1 aromatic heterocycles. The molecule has 9 heteroatoms. The van der Waals surface area contributed by atoms with Gasteiger partial charge in [0.15, 0.2) is 0 Å². The number of anilines is 2. The minimum atomic E-state index is -3.49. The van der Waals surface area contributed by atoms with Crippen LogP contribution >= 0.6 is 11.6 Å². The number of hydrogen-bond donors (Lipinski definition) is 1. The highest BCUT2D eigenvalue weighted by Crippen LogP contribution is 2.26. The summed E-state index contributed by atoms with van der Waals surface area (Å²) < 4.78 is 27.4. The van der Waals surface area contributed by atoms with E-state index < -0.39 is 10.0 Å². The Hall–Kier alpha value is -2.16. The maximum atomic E-state index is 12.9. The average molecular weight is 477 g/mol. The molecule has 0 radical (unpaired) electrons.